The Morgan fingerprint density at radius 2 is 1.64 bits per heavy atom. The predicted octanol–water partition coefficient (Wildman–Crippen LogP) is -0.534. The Kier molecular flexibility index (Phi) is 4.13. The molecule has 0 amide bonds. The molecule has 0 radical (unpaired) electrons. The Balaban J connectivity index is 4.55. The Labute approximate surface area is 87.1 Å². The van der Waals surface area contributed by atoms with Crippen LogP contribution in [0.1, 0.15) is 41.5 Å². The van der Waals surface area contributed by atoms with E-state index in [1.54, 1.807) is 13.8 Å². The first-order chi connectivity index (χ1) is 6.11. The van der Waals surface area contributed by atoms with Crippen LogP contribution in [0.5, 0.6) is 0 Å². The Morgan fingerprint density at radius 3 is 1.86 bits per heavy atom. The Morgan fingerprint density at radius 1 is 1.21 bits per heavy atom. The van der Waals surface area contributed by atoms with Gasteiger partial charge in [-0.25, -0.2) is 0 Å². The summed E-state index contributed by atoms with van der Waals surface area (Å²) in [5.74, 6) is -0.965. The summed E-state index contributed by atoms with van der Waals surface area (Å²) >= 11 is 0. The molecule has 0 aromatic carbocycles. The molecule has 0 heterocycles. The van der Waals surface area contributed by atoms with Crippen LogP contribution in [0.4, 0.5) is 0 Å². The normalized spacial score (nSPS) is 15.3. The first-order valence-electron chi connectivity index (χ1n) is 5.18. The highest BCUT2D eigenvalue weighted by molar-refractivity contribution is 5.71. The molecule has 1 N–H and O–H groups in total. The number of rotatable bonds is 4. The number of aliphatic carboxylic acids is 1. The topological polar surface area (TPSA) is 44.6 Å². The van der Waals surface area contributed by atoms with E-state index in [0.29, 0.717) is 6.54 Å². The molecule has 3 heteroatoms. The van der Waals surface area contributed by atoms with Gasteiger partial charge in [-0.05, 0) is 41.5 Å². The number of carboxylic acid groups (broad SMARTS) is 1. The lowest BCUT2D eigenvalue weighted by Crippen LogP contribution is -3.19. The molecular formula is C11H23NO2. The lowest BCUT2D eigenvalue weighted by atomic mass is 9.91. The molecule has 0 aromatic rings. The third-order valence-electron chi connectivity index (χ3n) is 2.70. The van der Waals surface area contributed by atoms with E-state index in [9.17, 15) is 9.90 Å². The average molecular weight is 201 g/mol. The highest BCUT2D eigenvalue weighted by Gasteiger charge is 2.31. The fourth-order valence-corrected chi connectivity index (χ4v) is 1.53. The van der Waals surface area contributed by atoms with Crippen LogP contribution in [0, 0.1) is 5.41 Å². The Bertz CT molecular complexity index is 204. The van der Waals surface area contributed by atoms with Crippen LogP contribution < -0.4 is 10.0 Å². The molecule has 0 saturated carbocycles. The van der Waals surface area contributed by atoms with Gasteiger partial charge in [0.15, 0.2) is 0 Å². The van der Waals surface area contributed by atoms with Crippen molar-refractivity contribution in [3.63, 3.8) is 0 Å². The maximum atomic E-state index is 10.9. The van der Waals surface area contributed by atoms with Gasteiger partial charge in [-0.1, -0.05) is 0 Å². The largest absolute Gasteiger partial charge is 0.549 e. The zero-order valence-corrected chi connectivity index (χ0v) is 10.2. The third-order valence-corrected chi connectivity index (χ3v) is 2.70. The van der Waals surface area contributed by atoms with E-state index in [1.807, 2.05) is 0 Å². The van der Waals surface area contributed by atoms with Crippen LogP contribution in [-0.4, -0.2) is 24.6 Å². The molecule has 0 aliphatic heterocycles. The molecule has 0 fully saturated rings. The van der Waals surface area contributed by atoms with Gasteiger partial charge in [-0.3, -0.25) is 0 Å². The van der Waals surface area contributed by atoms with E-state index in [2.05, 4.69) is 27.7 Å². The number of hydrogen-bond acceptors (Lipinski definition) is 2. The van der Waals surface area contributed by atoms with Crippen molar-refractivity contribution in [2.75, 3.05) is 13.1 Å². The average Bonchev–Trinajstić information content (AvgIpc) is 1.97. The number of carbonyl (C=O) groups is 1. The molecule has 1 atom stereocenters. The summed E-state index contributed by atoms with van der Waals surface area (Å²) in [5.41, 5.74) is -0.667. The summed E-state index contributed by atoms with van der Waals surface area (Å²) in [5, 5.41) is 10.9. The van der Waals surface area contributed by atoms with Crippen LogP contribution in [0.2, 0.25) is 0 Å². The van der Waals surface area contributed by atoms with Gasteiger partial charge in [0.05, 0.1) is 30.0 Å². The van der Waals surface area contributed by atoms with Crippen LogP contribution in [0.25, 0.3) is 0 Å². The van der Waals surface area contributed by atoms with Gasteiger partial charge in [0.2, 0.25) is 0 Å². The second kappa shape index (κ2) is 4.30. The zero-order chi connectivity index (χ0) is 11.6. The minimum atomic E-state index is -0.965. The summed E-state index contributed by atoms with van der Waals surface area (Å²) < 4.78 is 0. The zero-order valence-electron chi connectivity index (χ0n) is 10.2. The summed E-state index contributed by atoms with van der Waals surface area (Å²) in [6.45, 7) is 13.4. The molecule has 84 valence electrons. The second-order valence-corrected chi connectivity index (χ2v) is 5.56. The first kappa shape index (κ1) is 13.4. The predicted molar refractivity (Wildman–Crippen MR) is 54.9 cm³/mol. The van der Waals surface area contributed by atoms with Gasteiger partial charge in [0.25, 0.3) is 0 Å². The lowest BCUT2D eigenvalue weighted by molar-refractivity contribution is -0.949. The molecule has 0 bridgehead atoms. The SMILES string of the molecule is CC[NH+](CC(C)(C)C(=O)[O-])C(C)(C)C. The molecule has 14 heavy (non-hydrogen) atoms. The fourth-order valence-electron chi connectivity index (χ4n) is 1.53. The van der Waals surface area contributed by atoms with Crippen LogP contribution in [0.3, 0.4) is 0 Å². The van der Waals surface area contributed by atoms with Gasteiger partial charge in [-0.15, -0.1) is 0 Å². The summed E-state index contributed by atoms with van der Waals surface area (Å²) in [6, 6.07) is 0. The van der Waals surface area contributed by atoms with Crippen molar-refractivity contribution in [2.24, 2.45) is 5.41 Å². The van der Waals surface area contributed by atoms with Crippen molar-refractivity contribution in [1.29, 1.82) is 0 Å². The van der Waals surface area contributed by atoms with Gasteiger partial charge in [-0.2, -0.15) is 0 Å². The minimum absolute atomic E-state index is 0.0848. The van der Waals surface area contributed by atoms with Crippen LogP contribution in [0.15, 0.2) is 0 Å². The molecule has 0 aliphatic rings. The maximum Gasteiger partial charge on any atom is 0.0891 e. The van der Waals surface area contributed by atoms with Gasteiger partial charge >= 0.3 is 0 Å². The summed E-state index contributed by atoms with van der Waals surface area (Å²) in [7, 11) is 0. The van der Waals surface area contributed by atoms with E-state index in [4.69, 9.17) is 0 Å². The third kappa shape index (κ3) is 3.66. The lowest BCUT2D eigenvalue weighted by Gasteiger charge is -2.37. The smallest absolute Gasteiger partial charge is 0.0891 e. The molecule has 0 spiro atoms. The van der Waals surface area contributed by atoms with Crippen molar-refractivity contribution in [1.82, 2.24) is 0 Å². The summed E-state index contributed by atoms with van der Waals surface area (Å²) in [6.07, 6.45) is 0. The van der Waals surface area contributed by atoms with E-state index < -0.39 is 11.4 Å². The van der Waals surface area contributed by atoms with Crippen molar-refractivity contribution in [3.8, 4) is 0 Å². The van der Waals surface area contributed by atoms with Crippen molar-refractivity contribution in [3.05, 3.63) is 0 Å². The minimum Gasteiger partial charge on any atom is -0.549 e. The van der Waals surface area contributed by atoms with Gasteiger partial charge in [0.1, 0.15) is 0 Å². The van der Waals surface area contributed by atoms with Crippen molar-refractivity contribution >= 4 is 5.97 Å². The fraction of sp³-hybridized carbons (Fsp3) is 0.909. The first-order valence-corrected chi connectivity index (χ1v) is 5.18. The number of hydrogen-bond donors (Lipinski definition) is 1. The number of quaternary nitrogens is 1. The van der Waals surface area contributed by atoms with Crippen LogP contribution in [-0.2, 0) is 4.79 Å². The molecular weight excluding hydrogens is 178 g/mol. The van der Waals surface area contributed by atoms with Gasteiger partial charge < -0.3 is 14.8 Å². The standard InChI is InChI=1S/C11H23NO2/c1-7-12(10(2,3)4)8-11(5,6)9(13)14/h7-8H2,1-6H3,(H,13,14). The van der Waals surface area contributed by atoms with Crippen molar-refractivity contribution in [2.45, 2.75) is 47.1 Å². The summed E-state index contributed by atoms with van der Waals surface area (Å²) in [4.78, 5) is 12.2. The highest BCUT2D eigenvalue weighted by atomic mass is 16.4. The van der Waals surface area contributed by atoms with Gasteiger partial charge in [0, 0.05) is 0 Å². The number of nitrogens with one attached hydrogen (secondary N) is 1. The second-order valence-electron chi connectivity index (χ2n) is 5.56. The van der Waals surface area contributed by atoms with Crippen molar-refractivity contribution < 1.29 is 14.8 Å². The number of carbonyl (C=O) groups excluding carboxylic acids is 1. The number of carboxylic acids is 1. The molecule has 0 rings (SSSR count). The maximum absolute atomic E-state index is 10.9. The molecule has 3 nitrogen and oxygen atoms in total. The molecule has 1 unspecified atom stereocenters. The van der Waals surface area contributed by atoms with E-state index in [-0.39, 0.29) is 5.54 Å². The van der Waals surface area contributed by atoms with Crippen LogP contribution >= 0.6 is 0 Å². The molecule has 0 aromatic heterocycles. The van der Waals surface area contributed by atoms with E-state index in [0.717, 1.165) is 6.54 Å². The molecule has 0 aliphatic carbocycles. The molecule has 0 saturated heterocycles. The Hall–Kier alpha value is -0.570. The van der Waals surface area contributed by atoms with E-state index >= 15 is 0 Å². The highest BCUT2D eigenvalue weighted by Crippen LogP contribution is 2.11. The van der Waals surface area contributed by atoms with E-state index in [1.165, 1.54) is 4.90 Å². The monoisotopic (exact) mass is 201 g/mol. The quantitative estimate of drug-likeness (QED) is 0.664.